The molecule has 0 aliphatic rings. The van der Waals surface area contributed by atoms with E-state index in [0.717, 1.165) is 22.5 Å². The summed E-state index contributed by atoms with van der Waals surface area (Å²) >= 11 is 5.90. The molecular weight excluding hydrogens is 251 g/mol. The van der Waals surface area contributed by atoms with Gasteiger partial charge in [0, 0.05) is 22.9 Å². The monoisotopic (exact) mass is 264 g/mol. The van der Waals surface area contributed by atoms with Crippen molar-refractivity contribution >= 4 is 23.0 Å². The molecule has 0 spiro atoms. The molecule has 94 valence electrons. The van der Waals surface area contributed by atoms with Gasteiger partial charge in [-0.3, -0.25) is 0 Å². The van der Waals surface area contributed by atoms with Crippen LogP contribution in [0.5, 0.6) is 0 Å². The quantitative estimate of drug-likeness (QED) is 0.880. The first-order chi connectivity index (χ1) is 8.60. The maximum absolute atomic E-state index is 13.1. The van der Waals surface area contributed by atoms with E-state index in [1.807, 2.05) is 25.1 Å². The smallest absolute Gasteiger partial charge is 0.123 e. The molecule has 0 saturated carbocycles. The molecule has 0 aliphatic heterocycles. The summed E-state index contributed by atoms with van der Waals surface area (Å²) < 4.78 is 13.1. The molecule has 0 amide bonds. The third kappa shape index (κ3) is 2.81. The number of halogens is 2. The van der Waals surface area contributed by atoms with Gasteiger partial charge in [0.05, 0.1) is 0 Å². The Morgan fingerprint density at radius 1 is 1.17 bits per heavy atom. The van der Waals surface area contributed by atoms with Crippen LogP contribution in [0.25, 0.3) is 0 Å². The van der Waals surface area contributed by atoms with Crippen molar-refractivity contribution in [3.63, 3.8) is 0 Å². The molecule has 0 fully saturated rings. The van der Waals surface area contributed by atoms with Crippen LogP contribution in [0, 0.1) is 12.7 Å². The van der Waals surface area contributed by atoms with Crippen molar-refractivity contribution < 1.29 is 4.39 Å². The van der Waals surface area contributed by atoms with E-state index in [1.165, 1.54) is 12.1 Å². The minimum absolute atomic E-state index is 0.283. The molecule has 0 aliphatic carbocycles. The largest absolute Gasteiger partial charge is 0.355 e. The summed E-state index contributed by atoms with van der Waals surface area (Å²) in [5, 5.41) is 3.93. The lowest BCUT2D eigenvalue weighted by Crippen LogP contribution is -2.03. The number of aryl methyl sites for hydroxylation is 1. The molecule has 0 atom stereocenters. The normalized spacial score (nSPS) is 10.4. The first-order valence-corrected chi connectivity index (χ1v) is 5.99. The number of nitrogens with two attached hydrogens (primary N) is 1. The summed E-state index contributed by atoms with van der Waals surface area (Å²) in [5.41, 5.74) is 9.11. The zero-order valence-electron chi connectivity index (χ0n) is 10.0. The van der Waals surface area contributed by atoms with Crippen molar-refractivity contribution in [3.8, 4) is 0 Å². The minimum atomic E-state index is -0.283. The highest BCUT2D eigenvalue weighted by molar-refractivity contribution is 6.30. The Morgan fingerprint density at radius 3 is 2.56 bits per heavy atom. The molecule has 0 radical (unpaired) electrons. The Balaban J connectivity index is 2.33. The van der Waals surface area contributed by atoms with Gasteiger partial charge in [0.1, 0.15) is 5.82 Å². The standard InChI is InChI=1S/C14H14ClFN2/c1-9-6-11(15)2-4-13(9)18-14-5-3-12(16)7-10(14)8-17/h2-7,18H,8,17H2,1H3. The number of rotatable bonds is 3. The molecular formula is C14H14ClFN2. The predicted molar refractivity (Wildman–Crippen MR) is 73.8 cm³/mol. The molecule has 0 unspecified atom stereocenters. The van der Waals surface area contributed by atoms with Gasteiger partial charge in [-0.05, 0) is 54.4 Å². The van der Waals surface area contributed by atoms with Crippen LogP contribution in [-0.4, -0.2) is 0 Å². The number of nitrogens with one attached hydrogen (secondary N) is 1. The first-order valence-electron chi connectivity index (χ1n) is 5.62. The van der Waals surface area contributed by atoms with E-state index in [4.69, 9.17) is 17.3 Å². The van der Waals surface area contributed by atoms with E-state index >= 15 is 0 Å². The lowest BCUT2D eigenvalue weighted by molar-refractivity contribution is 0.626. The molecule has 4 heteroatoms. The van der Waals surface area contributed by atoms with Crippen molar-refractivity contribution in [3.05, 3.63) is 58.4 Å². The first kappa shape index (κ1) is 12.9. The fourth-order valence-corrected chi connectivity index (χ4v) is 1.99. The molecule has 0 aromatic heterocycles. The van der Waals surface area contributed by atoms with Gasteiger partial charge in [0.2, 0.25) is 0 Å². The average Bonchev–Trinajstić information content (AvgIpc) is 2.34. The molecule has 0 bridgehead atoms. The predicted octanol–water partition coefficient (Wildman–Crippen LogP) is 3.99. The van der Waals surface area contributed by atoms with E-state index in [9.17, 15) is 4.39 Å². The van der Waals surface area contributed by atoms with Gasteiger partial charge in [0.25, 0.3) is 0 Å². The molecule has 0 heterocycles. The molecule has 18 heavy (non-hydrogen) atoms. The fraction of sp³-hybridized carbons (Fsp3) is 0.143. The highest BCUT2D eigenvalue weighted by Gasteiger charge is 2.05. The maximum atomic E-state index is 13.1. The maximum Gasteiger partial charge on any atom is 0.123 e. The number of benzene rings is 2. The Kier molecular flexibility index (Phi) is 3.84. The third-order valence-corrected chi connectivity index (χ3v) is 2.98. The molecule has 2 aromatic carbocycles. The van der Waals surface area contributed by atoms with Crippen LogP contribution in [0.4, 0.5) is 15.8 Å². The lowest BCUT2D eigenvalue weighted by Gasteiger charge is -2.13. The molecule has 0 saturated heterocycles. The van der Waals surface area contributed by atoms with Gasteiger partial charge < -0.3 is 11.1 Å². The number of anilines is 2. The van der Waals surface area contributed by atoms with Crippen molar-refractivity contribution in [2.45, 2.75) is 13.5 Å². The van der Waals surface area contributed by atoms with Crippen molar-refractivity contribution in [1.82, 2.24) is 0 Å². The van der Waals surface area contributed by atoms with Crippen LogP contribution in [0.3, 0.4) is 0 Å². The van der Waals surface area contributed by atoms with Crippen molar-refractivity contribution in [1.29, 1.82) is 0 Å². The number of hydrogen-bond acceptors (Lipinski definition) is 2. The van der Waals surface area contributed by atoms with Gasteiger partial charge >= 0.3 is 0 Å². The topological polar surface area (TPSA) is 38.0 Å². The third-order valence-electron chi connectivity index (χ3n) is 2.74. The van der Waals surface area contributed by atoms with Gasteiger partial charge in [-0.1, -0.05) is 11.6 Å². The van der Waals surface area contributed by atoms with Crippen LogP contribution >= 0.6 is 11.6 Å². The Hall–Kier alpha value is -1.58. The SMILES string of the molecule is Cc1cc(Cl)ccc1Nc1ccc(F)cc1CN. The number of hydrogen-bond donors (Lipinski definition) is 2. The Morgan fingerprint density at radius 2 is 1.89 bits per heavy atom. The highest BCUT2D eigenvalue weighted by Crippen LogP contribution is 2.26. The van der Waals surface area contributed by atoms with Crippen LogP contribution in [-0.2, 0) is 6.54 Å². The van der Waals surface area contributed by atoms with Crippen LogP contribution in [0.2, 0.25) is 5.02 Å². The summed E-state index contributed by atoms with van der Waals surface area (Å²) in [7, 11) is 0. The van der Waals surface area contributed by atoms with Gasteiger partial charge in [-0.25, -0.2) is 4.39 Å². The molecule has 2 rings (SSSR count). The van der Waals surface area contributed by atoms with E-state index < -0.39 is 0 Å². The Bertz CT molecular complexity index is 570. The van der Waals surface area contributed by atoms with Gasteiger partial charge in [0.15, 0.2) is 0 Å². The highest BCUT2D eigenvalue weighted by atomic mass is 35.5. The average molecular weight is 265 g/mol. The van der Waals surface area contributed by atoms with Gasteiger partial charge in [-0.2, -0.15) is 0 Å². The Labute approximate surface area is 111 Å². The van der Waals surface area contributed by atoms with Crippen LogP contribution in [0.1, 0.15) is 11.1 Å². The lowest BCUT2D eigenvalue weighted by atomic mass is 10.1. The van der Waals surface area contributed by atoms with E-state index in [2.05, 4.69) is 5.32 Å². The zero-order valence-corrected chi connectivity index (χ0v) is 10.8. The zero-order chi connectivity index (χ0) is 13.1. The second-order valence-corrected chi connectivity index (χ2v) is 4.53. The summed E-state index contributed by atoms with van der Waals surface area (Å²) in [6.07, 6.45) is 0. The van der Waals surface area contributed by atoms with Crippen LogP contribution in [0.15, 0.2) is 36.4 Å². The van der Waals surface area contributed by atoms with Gasteiger partial charge in [-0.15, -0.1) is 0 Å². The van der Waals surface area contributed by atoms with Crippen LogP contribution < -0.4 is 11.1 Å². The van der Waals surface area contributed by atoms with E-state index in [-0.39, 0.29) is 12.4 Å². The summed E-state index contributed by atoms with van der Waals surface area (Å²) in [6.45, 7) is 2.24. The summed E-state index contributed by atoms with van der Waals surface area (Å²) in [6, 6.07) is 10.1. The van der Waals surface area contributed by atoms with Crippen molar-refractivity contribution in [2.75, 3.05) is 5.32 Å². The fourth-order valence-electron chi connectivity index (χ4n) is 1.77. The van der Waals surface area contributed by atoms with E-state index in [0.29, 0.717) is 5.02 Å². The molecule has 3 N–H and O–H groups in total. The molecule has 2 nitrogen and oxygen atoms in total. The summed E-state index contributed by atoms with van der Waals surface area (Å²) in [4.78, 5) is 0. The summed E-state index contributed by atoms with van der Waals surface area (Å²) in [5.74, 6) is -0.283. The minimum Gasteiger partial charge on any atom is -0.355 e. The van der Waals surface area contributed by atoms with E-state index in [1.54, 1.807) is 6.07 Å². The second kappa shape index (κ2) is 5.38. The van der Waals surface area contributed by atoms with Crippen molar-refractivity contribution in [2.24, 2.45) is 5.73 Å². The molecule has 2 aromatic rings. The second-order valence-electron chi connectivity index (χ2n) is 4.09.